The maximum Gasteiger partial charge on any atom is 0.345 e. The van der Waals surface area contributed by atoms with Gasteiger partial charge in [-0.15, -0.1) is 0 Å². The number of hydrogen-bond acceptors (Lipinski definition) is 2. The van der Waals surface area contributed by atoms with E-state index < -0.39 is 11.6 Å². The van der Waals surface area contributed by atoms with Gasteiger partial charge in [0.05, 0.1) is 11.6 Å². The van der Waals surface area contributed by atoms with E-state index in [0.29, 0.717) is 10.2 Å². The largest absolute Gasteiger partial charge is 0.496 e. The Kier molecular flexibility index (Phi) is 3.34. The summed E-state index contributed by atoms with van der Waals surface area (Å²) in [6.07, 6.45) is 0. The molecule has 0 spiro atoms. The summed E-state index contributed by atoms with van der Waals surface area (Å²) in [5.41, 5.74) is -2.32. The zero-order valence-corrected chi connectivity index (χ0v) is 9.84. The molecule has 0 saturated carbocycles. The minimum absolute atomic E-state index is 0.0719. The molecule has 5 heteroatoms. The Bertz CT molecular complexity index is 390. The van der Waals surface area contributed by atoms with E-state index in [0.717, 1.165) is 6.92 Å². The minimum atomic E-state index is -2.39. The predicted octanol–water partition coefficient (Wildman–Crippen LogP) is 2.73. The number of carboxylic acids is 1. The van der Waals surface area contributed by atoms with E-state index in [1.54, 1.807) is 0 Å². The van der Waals surface area contributed by atoms with Crippen LogP contribution in [0, 0.1) is 0 Å². The van der Waals surface area contributed by atoms with E-state index in [-0.39, 0.29) is 5.56 Å². The summed E-state index contributed by atoms with van der Waals surface area (Å²) >= 11 is 3.16. The zero-order chi connectivity index (χ0) is 11.6. The Morgan fingerprint density at radius 2 is 2.20 bits per heavy atom. The fourth-order valence-corrected chi connectivity index (χ4v) is 1.62. The molecule has 0 aliphatic heterocycles. The summed E-state index contributed by atoms with van der Waals surface area (Å²) < 4.78 is 19.2. The summed E-state index contributed by atoms with van der Waals surface area (Å²) in [5, 5.41) is 8.69. The summed E-state index contributed by atoms with van der Waals surface area (Å²) in [6, 6.07) is 4.30. The number of alkyl halides is 1. The van der Waals surface area contributed by atoms with Gasteiger partial charge in [-0.25, -0.2) is 9.18 Å². The summed E-state index contributed by atoms with van der Waals surface area (Å²) in [7, 11) is 1.48. The van der Waals surface area contributed by atoms with Crippen LogP contribution in [0.4, 0.5) is 4.39 Å². The van der Waals surface area contributed by atoms with E-state index in [4.69, 9.17) is 9.84 Å². The van der Waals surface area contributed by atoms with Gasteiger partial charge in [-0.2, -0.15) is 0 Å². The zero-order valence-electron chi connectivity index (χ0n) is 8.25. The third kappa shape index (κ3) is 2.28. The number of benzene rings is 1. The number of carbonyl (C=O) groups is 1. The van der Waals surface area contributed by atoms with Crippen molar-refractivity contribution >= 4 is 21.9 Å². The second-order valence-corrected chi connectivity index (χ2v) is 4.01. The lowest BCUT2D eigenvalue weighted by Crippen LogP contribution is -2.26. The summed E-state index contributed by atoms with van der Waals surface area (Å²) in [4.78, 5) is 10.7. The van der Waals surface area contributed by atoms with Crippen molar-refractivity contribution in [1.82, 2.24) is 0 Å². The molecule has 0 radical (unpaired) electrons. The third-order valence-electron chi connectivity index (χ3n) is 2.10. The van der Waals surface area contributed by atoms with Crippen LogP contribution >= 0.6 is 15.9 Å². The van der Waals surface area contributed by atoms with Crippen molar-refractivity contribution in [3.63, 3.8) is 0 Å². The SMILES string of the molecule is COc1ccc(C(C)(F)C(=O)O)cc1Br. The van der Waals surface area contributed by atoms with Crippen molar-refractivity contribution in [3.05, 3.63) is 28.2 Å². The molecular weight excluding hydrogens is 267 g/mol. The van der Waals surface area contributed by atoms with Gasteiger partial charge in [-0.3, -0.25) is 0 Å². The van der Waals surface area contributed by atoms with Gasteiger partial charge in [0.25, 0.3) is 0 Å². The first-order valence-electron chi connectivity index (χ1n) is 4.16. The molecule has 1 N–H and O–H groups in total. The van der Waals surface area contributed by atoms with Crippen molar-refractivity contribution in [2.75, 3.05) is 7.11 Å². The van der Waals surface area contributed by atoms with Crippen molar-refractivity contribution < 1.29 is 19.0 Å². The molecule has 1 aromatic carbocycles. The van der Waals surface area contributed by atoms with Gasteiger partial charge in [0, 0.05) is 5.56 Å². The average Bonchev–Trinajstić information content (AvgIpc) is 2.17. The maximum absolute atomic E-state index is 13.7. The van der Waals surface area contributed by atoms with E-state index >= 15 is 0 Å². The molecule has 1 rings (SSSR count). The van der Waals surface area contributed by atoms with E-state index in [1.807, 2.05) is 0 Å². The molecular formula is C10H10BrFO3. The molecule has 1 unspecified atom stereocenters. The van der Waals surface area contributed by atoms with Crippen LogP contribution in [0.3, 0.4) is 0 Å². The number of ether oxygens (including phenoxy) is 1. The van der Waals surface area contributed by atoms with Crippen LogP contribution < -0.4 is 4.74 Å². The lowest BCUT2D eigenvalue weighted by atomic mass is 9.98. The van der Waals surface area contributed by atoms with Crippen LogP contribution in [-0.4, -0.2) is 18.2 Å². The molecule has 0 aromatic heterocycles. The highest BCUT2D eigenvalue weighted by atomic mass is 79.9. The Balaban J connectivity index is 3.18. The Hall–Kier alpha value is -1.10. The van der Waals surface area contributed by atoms with Crippen LogP contribution in [0.15, 0.2) is 22.7 Å². The van der Waals surface area contributed by atoms with Gasteiger partial charge in [0.2, 0.25) is 5.67 Å². The molecule has 82 valence electrons. The van der Waals surface area contributed by atoms with Crippen LogP contribution in [0.25, 0.3) is 0 Å². The van der Waals surface area contributed by atoms with Gasteiger partial charge < -0.3 is 9.84 Å². The Morgan fingerprint density at radius 1 is 1.60 bits per heavy atom. The lowest BCUT2D eigenvalue weighted by molar-refractivity contribution is -0.150. The highest BCUT2D eigenvalue weighted by molar-refractivity contribution is 9.10. The molecule has 0 bridgehead atoms. The van der Waals surface area contributed by atoms with Gasteiger partial charge >= 0.3 is 5.97 Å². The van der Waals surface area contributed by atoms with Crippen molar-refractivity contribution in [2.45, 2.75) is 12.6 Å². The highest BCUT2D eigenvalue weighted by Crippen LogP contribution is 2.32. The summed E-state index contributed by atoms with van der Waals surface area (Å²) in [5.74, 6) is -0.987. The third-order valence-corrected chi connectivity index (χ3v) is 2.72. The second-order valence-electron chi connectivity index (χ2n) is 3.16. The average molecular weight is 277 g/mol. The number of methoxy groups -OCH3 is 1. The quantitative estimate of drug-likeness (QED) is 0.924. The fraction of sp³-hybridized carbons (Fsp3) is 0.300. The molecule has 0 fully saturated rings. The van der Waals surface area contributed by atoms with E-state index in [1.165, 1.54) is 25.3 Å². The van der Waals surface area contributed by atoms with Crippen LogP contribution in [-0.2, 0) is 10.5 Å². The van der Waals surface area contributed by atoms with Gasteiger partial charge in [0.1, 0.15) is 5.75 Å². The van der Waals surface area contributed by atoms with E-state index in [2.05, 4.69) is 15.9 Å². The Labute approximate surface area is 95.0 Å². The number of carboxylic acid groups (broad SMARTS) is 1. The van der Waals surface area contributed by atoms with Gasteiger partial charge in [-0.1, -0.05) is 6.07 Å². The minimum Gasteiger partial charge on any atom is -0.496 e. The molecule has 0 aliphatic rings. The first-order chi connectivity index (χ1) is 6.89. The highest BCUT2D eigenvalue weighted by Gasteiger charge is 2.35. The standard InChI is InChI=1S/C10H10BrFO3/c1-10(12,9(13)14)6-3-4-8(15-2)7(11)5-6/h3-5H,1-2H3,(H,13,14). The van der Waals surface area contributed by atoms with Crippen molar-refractivity contribution in [2.24, 2.45) is 0 Å². The lowest BCUT2D eigenvalue weighted by Gasteiger charge is -2.16. The van der Waals surface area contributed by atoms with Crippen LogP contribution in [0.5, 0.6) is 5.75 Å². The van der Waals surface area contributed by atoms with Gasteiger partial charge in [-0.05, 0) is 35.0 Å². The second kappa shape index (κ2) is 4.18. The van der Waals surface area contributed by atoms with Gasteiger partial charge in [0.15, 0.2) is 0 Å². The first-order valence-corrected chi connectivity index (χ1v) is 4.95. The fourth-order valence-electron chi connectivity index (χ4n) is 1.08. The van der Waals surface area contributed by atoms with E-state index in [9.17, 15) is 9.18 Å². The number of hydrogen-bond donors (Lipinski definition) is 1. The van der Waals surface area contributed by atoms with Crippen LogP contribution in [0.2, 0.25) is 0 Å². The van der Waals surface area contributed by atoms with Crippen LogP contribution in [0.1, 0.15) is 12.5 Å². The molecule has 15 heavy (non-hydrogen) atoms. The number of aliphatic carboxylic acids is 1. The Morgan fingerprint density at radius 3 is 2.60 bits per heavy atom. The number of halogens is 2. The molecule has 0 heterocycles. The topological polar surface area (TPSA) is 46.5 Å². The smallest absolute Gasteiger partial charge is 0.345 e. The molecule has 1 atom stereocenters. The molecule has 0 aliphatic carbocycles. The molecule has 1 aromatic rings. The monoisotopic (exact) mass is 276 g/mol. The first kappa shape index (κ1) is 12.0. The predicted molar refractivity (Wildman–Crippen MR) is 56.8 cm³/mol. The maximum atomic E-state index is 13.7. The molecule has 0 saturated heterocycles. The molecule has 3 nitrogen and oxygen atoms in total. The van der Waals surface area contributed by atoms with Crippen molar-refractivity contribution in [3.8, 4) is 5.75 Å². The number of rotatable bonds is 3. The normalized spacial score (nSPS) is 14.4. The van der Waals surface area contributed by atoms with Crippen molar-refractivity contribution in [1.29, 1.82) is 0 Å². The summed E-state index contributed by atoms with van der Waals surface area (Å²) in [6.45, 7) is 1.00. The molecule has 0 amide bonds.